The molecule has 122 valence electrons. The molecule has 0 heterocycles. The lowest BCUT2D eigenvalue weighted by Crippen LogP contribution is -2.20. The fourth-order valence-corrected chi connectivity index (χ4v) is 1.64. The normalized spacial score (nSPS) is 11.7. The summed E-state index contributed by atoms with van der Waals surface area (Å²) in [6.07, 6.45) is -3.55. The van der Waals surface area contributed by atoms with Crippen LogP contribution in [0.2, 0.25) is 0 Å². The number of ether oxygens (including phenoxy) is 1. The Morgan fingerprint density at radius 2 is 1.65 bits per heavy atom. The first-order valence-corrected chi connectivity index (χ1v) is 6.38. The van der Waals surface area contributed by atoms with Crippen molar-refractivity contribution in [1.29, 1.82) is 0 Å². The lowest BCUT2D eigenvalue weighted by molar-refractivity contribution is -0.154. The second-order valence-corrected chi connectivity index (χ2v) is 4.45. The zero-order chi connectivity index (χ0) is 16.9. The minimum atomic E-state index is -4.68. The molecule has 2 aromatic carbocycles. The van der Waals surface area contributed by atoms with Crippen molar-refractivity contribution in [2.24, 2.45) is 5.10 Å². The molecule has 0 aliphatic carbocycles. The molecule has 1 N–H and O–H groups in total. The Kier molecular flexibility index (Phi) is 5.15. The number of halogens is 5. The highest BCUT2D eigenvalue weighted by Gasteiger charge is 2.29. The van der Waals surface area contributed by atoms with Crippen LogP contribution in [0.15, 0.2) is 47.6 Å². The van der Waals surface area contributed by atoms with Gasteiger partial charge in [0.2, 0.25) is 0 Å². The van der Waals surface area contributed by atoms with E-state index < -0.39 is 30.2 Å². The van der Waals surface area contributed by atoms with Gasteiger partial charge in [-0.05, 0) is 24.3 Å². The van der Waals surface area contributed by atoms with E-state index in [2.05, 4.69) is 15.3 Å². The number of hydrazone groups is 1. The van der Waals surface area contributed by atoms with Crippen molar-refractivity contribution in [2.75, 3.05) is 12.0 Å². The minimum Gasteiger partial charge on any atom is -0.478 e. The van der Waals surface area contributed by atoms with Crippen LogP contribution in [0.4, 0.5) is 27.6 Å². The first-order chi connectivity index (χ1) is 10.8. The highest BCUT2D eigenvalue weighted by molar-refractivity contribution is 5.80. The predicted octanol–water partition coefficient (Wildman–Crippen LogP) is 4.35. The smallest absolute Gasteiger partial charge is 0.422 e. The lowest BCUT2D eigenvalue weighted by Gasteiger charge is -2.11. The van der Waals surface area contributed by atoms with Gasteiger partial charge in [-0.15, -0.1) is 0 Å². The molecule has 2 aromatic rings. The van der Waals surface area contributed by atoms with Gasteiger partial charge in [0.25, 0.3) is 0 Å². The van der Waals surface area contributed by atoms with Gasteiger partial charge in [0.05, 0.1) is 11.9 Å². The van der Waals surface area contributed by atoms with Crippen molar-refractivity contribution in [3.63, 3.8) is 0 Å². The van der Waals surface area contributed by atoms with Gasteiger partial charge in [0, 0.05) is 5.56 Å². The van der Waals surface area contributed by atoms with E-state index in [1.54, 1.807) is 30.3 Å². The Bertz CT molecular complexity index is 663. The predicted molar refractivity (Wildman–Crippen MR) is 75.6 cm³/mol. The maximum Gasteiger partial charge on any atom is 0.422 e. The molecule has 3 nitrogen and oxygen atoms in total. The summed E-state index contributed by atoms with van der Waals surface area (Å²) in [6.45, 7) is -1.77. The molecule has 2 rings (SSSR count). The molecule has 0 saturated carbocycles. The second-order valence-electron chi connectivity index (χ2n) is 4.45. The SMILES string of the molecule is Fc1cc(C=NNc2ccccc2)cc(F)c1OCC(F)(F)F. The van der Waals surface area contributed by atoms with Crippen molar-refractivity contribution in [3.05, 3.63) is 59.7 Å². The van der Waals surface area contributed by atoms with Gasteiger partial charge in [0.15, 0.2) is 24.0 Å². The van der Waals surface area contributed by atoms with Gasteiger partial charge in [-0.1, -0.05) is 18.2 Å². The number of nitrogens with zero attached hydrogens (tertiary/aromatic N) is 1. The van der Waals surface area contributed by atoms with E-state index in [0.717, 1.165) is 18.3 Å². The Hall–Kier alpha value is -2.64. The van der Waals surface area contributed by atoms with Crippen LogP contribution in [-0.4, -0.2) is 19.0 Å². The fourth-order valence-electron chi connectivity index (χ4n) is 1.64. The first kappa shape index (κ1) is 16.7. The molecule has 0 radical (unpaired) electrons. The van der Waals surface area contributed by atoms with Gasteiger partial charge in [-0.3, -0.25) is 5.43 Å². The van der Waals surface area contributed by atoms with Crippen molar-refractivity contribution < 1.29 is 26.7 Å². The van der Waals surface area contributed by atoms with E-state index in [4.69, 9.17) is 0 Å². The molecule has 0 bridgehead atoms. The summed E-state index contributed by atoms with van der Waals surface area (Å²) in [4.78, 5) is 0. The minimum absolute atomic E-state index is 0.0304. The molecule has 0 spiro atoms. The summed E-state index contributed by atoms with van der Waals surface area (Å²) in [5.74, 6) is -3.55. The van der Waals surface area contributed by atoms with E-state index in [-0.39, 0.29) is 5.56 Å². The quantitative estimate of drug-likeness (QED) is 0.502. The number of hydrogen-bond acceptors (Lipinski definition) is 3. The molecule has 23 heavy (non-hydrogen) atoms. The van der Waals surface area contributed by atoms with E-state index >= 15 is 0 Å². The van der Waals surface area contributed by atoms with Crippen molar-refractivity contribution in [3.8, 4) is 5.75 Å². The summed E-state index contributed by atoms with van der Waals surface area (Å²) in [5, 5.41) is 3.78. The second kappa shape index (κ2) is 7.08. The number of nitrogens with one attached hydrogen (secondary N) is 1. The van der Waals surface area contributed by atoms with Crippen LogP contribution in [0.25, 0.3) is 0 Å². The van der Waals surface area contributed by atoms with E-state index in [1.165, 1.54) is 0 Å². The third kappa shape index (κ3) is 5.24. The summed E-state index contributed by atoms with van der Waals surface area (Å²) in [5.41, 5.74) is 3.33. The molecule has 0 aliphatic heterocycles. The standard InChI is InChI=1S/C15H11F5N2O/c16-12-6-10(8-21-22-11-4-2-1-3-5-11)7-13(17)14(12)23-9-15(18,19)20/h1-8,22H,9H2. The first-order valence-electron chi connectivity index (χ1n) is 6.38. The summed E-state index contributed by atoms with van der Waals surface area (Å²) >= 11 is 0. The molecule has 0 aromatic heterocycles. The third-order valence-corrected chi connectivity index (χ3v) is 2.58. The van der Waals surface area contributed by atoms with Crippen molar-refractivity contribution in [2.45, 2.75) is 6.18 Å². The van der Waals surface area contributed by atoms with Gasteiger partial charge in [-0.25, -0.2) is 8.78 Å². The van der Waals surface area contributed by atoms with E-state index in [0.29, 0.717) is 5.69 Å². The zero-order valence-electron chi connectivity index (χ0n) is 11.6. The molecule has 0 fully saturated rings. The highest BCUT2D eigenvalue weighted by Crippen LogP contribution is 2.25. The van der Waals surface area contributed by atoms with Gasteiger partial charge in [-0.2, -0.15) is 18.3 Å². The fraction of sp³-hybridized carbons (Fsp3) is 0.133. The molecule has 0 unspecified atom stereocenters. The third-order valence-electron chi connectivity index (χ3n) is 2.58. The Morgan fingerprint density at radius 1 is 1.04 bits per heavy atom. The number of para-hydroxylation sites is 1. The molecule has 0 saturated heterocycles. The number of alkyl halides is 3. The Balaban J connectivity index is 2.07. The van der Waals surface area contributed by atoms with Crippen molar-refractivity contribution >= 4 is 11.9 Å². The maximum atomic E-state index is 13.6. The van der Waals surface area contributed by atoms with Crippen LogP contribution < -0.4 is 10.2 Å². The van der Waals surface area contributed by atoms with Crippen LogP contribution in [-0.2, 0) is 0 Å². The molecular weight excluding hydrogens is 319 g/mol. The molecular formula is C15H11F5N2O. The van der Waals surface area contributed by atoms with Gasteiger partial charge in [0.1, 0.15) is 0 Å². The largest absolute Gasteiger partial charge is 0.478 e. The number of benzene rings is 2. The lowest BCUT2D eigenvalue weighted by atomic mass is 10.2. The van der Waals surface area contributed by atoms with Crippen LogP contribution in [0.1, 0.15) is 5.56 Å². The summed E-state index contributed by atoms with van der Waals surface area (Å²) in [7, 11) is 0. The van der Waals surface area contributed by atoms with Crippen LogP contribution >= 0.6 is 0 Å². The summed E-state index contributed by atoms with van der Waals surface area (Å²) < 4.78 is 67.4. The topological polar surface area (TPSA) is 33.6 Å². The molecule has 0 aliphatic rings. The van der Waals surface area contributed by atoms with Crippen LogP contribution in [0, 0.1) is 11.6 Å². The van der Waals surface area contributed by atoms with Crippen molar-refractivity contribution in [1.82, 2.24) is 0 Å². The molecule has 0 atom stereocenters. The molecule has 8 heteroatoms. The average Bonchev–Trinajstić information content (AvgIpc) is 2.46. The monoisotopic (exact) mass is 330 g/mol. The Labute approximate surface area is 128 Å². The average molecular weight is 330 g/mol. The summed E-state index contributed by atoms with van der Waals surface area (Å²) in [6, 6.07) is 10.4. The number of hydrogen-bond donors (Lipinski definition) is 1. The number of anilines is 1. The van der Waals surface area contributed by atoms with E-state index in [1.807, 2.05) is 0 Å². The van der Waals surface area contributed by atoms with Crippen LogP contribution in [0.3, 0.4) is 0 Å². The number of rotatable bonds is 5. The molecule has 0 amide bonds. The Morgan fingerprint density at radius 3 is 2.22 bits per heavy atom. The van der Waals surface area contributed by atoms with Crippen LogP contribution in [0.5, 0.6) is 5.75 Å². The van der Waals surface area contributed by atoms with Gasteiger partial charge < -0.3 is 4.74 Å². The van der Waals surface area contributed by atoms with E-state index in [9.17, 15) is 22.0 Å². The highest BCUT2D eigenvalue weighted by atomic mass is 19.4. The van der Waals surface area contributed by atoms with Gasteiger partial charge >= 0.3 is 6.18 Å². The zero-order valence-corrected chi connectivity index (χ0v) is 11.6. The maximum absolute atomic E-state index is 13.6.